The molecule has 0 amide bonds. The van der Waals surface area contributed by atoms with Crippen LogP contribution in [0.1, 0.15) is 89.2 Å². The van der Waals surface area contributed by atoms with E-state index >= 15 is 0 Å². The van der Waals surface area contributed by atoms with Gasteiger partial charge in [0.05, 0.1) is 5.56 Å². The van der Waals surface area contributed by atoms with Gasteiger partial charge >= 0.3 is 6.18 Å². The van der Waals surface area contributed by atoms with Crippen LogP contribution in [0.2, 0.25) is 0 Å². The highest BCUT2D eigenvalue weighted by Crippen LogP contribution is 2.32. The minimum Gasteiger partial charge on any atom is -0.299 e. The van der Waals surface area contributed by atoms with Crippen molar-refractivity contribution in [1.29, 1.82) is 0 Å². The number of benzene rings is 1. The lowest BCUT2D eigenvalue weighted by Gasteiger charge is -2.24. The Bertz CT molecular complexity index is 457. The standard InChI is InChI=1S/C22H36F3N/c1-3-5-7-9-13-17-26(18-14-10-8-6-4-2)19-20-15-11-12-16-21(20)22(23,24)25/h11-12,15-16H,3-10,13-14,17-19H2,1-2H3. The zero-order valence-electron chi connectivity index (χ0n) is 16.6. The molecule has 0 N–H and O–H groups in total. The van der Waals surface area contributed by atoms with Gasteiger partial charge in [0.25, 0.3) is 0 Å². The molecule has 0 fully saturated rings. The SMILES string of the molecule is CCCCCCCN(CCCCCCC)Cc1ccccc1C(F)(F)F. The summed E-state index contributed by atoms with van der Waals surface area (Å²) in [6.45, 7) is 6.57. The summed E-state index contributed by atoms with van der Waals surface area (Å²) < 4.78 is 39.8. The molecule has 0 unspecified atom stereocenters. The lowest BCUT2D eigenvalue weighted by molar-refractivity contribution is -0.138. The molecule has 0 radical (unpaired) electrons. The zero-order valence-corrected chi connectivity index (χ0v) is 16.6. The Morgan fingerprint density at radius 3 is 1.73 bits per heavy atom. The summed E-state index contributed by atoms with van der Waals surface area (Å²) in [6, 6.07) is 6.03. The molecule has 0 saturated heterocycles. The molecule has 4 heteroatoms. The van der Waals surface area contributed by atoms with Crippen LogP contribution in [0.25, 0.3) is 0 Å². The highest BCUT2D eigenvalue weighted by Gasteiger charge is 2.33. The van der Waals surface area contributed by atoms with E-state index in [2.05, 4.69) is 18.7 Å². The fourth-order valence-corrected chi connectivity index (χ4v) is 3.32. The second-order valence-electron chi connectivity index (χ2n) is 7.26. The minimum absolute atomic E-state index is 0.400. The van der Waals surface area contributed by atoms with Gasteiger partial charge in [0.1, 0.15) is 0 Å². The summed E-state index contributed by atoms with van der Waals surface area (Å²) in [6.07, 6.45) is 7.56. The van der Waals surface area contributed by atoms with Crippen molar-refractivity contribution in [3.05, 3.63) is 35.4 Å². The van der Waals surface area contributed by atoms with Crippen LogP contribution >= 0.6 is 0 Å². The summed E-state index contributed by atoms with van der Waals surface area (Å²) in [5.41, 5.74) is -0.0796. The van der Waals surface area contributed by atoms with Crippen LogP contribution in [0.4, 0.5) is 13.2 Å². The van der Waals surface area contributed by atoms with Crippen LogP contribution in [0, 0.1) is 0 Å². The lowest BCUT2D eigenvalue weighted by Crippen LogP contribution is -2.27. The van der Waals surface area contributed by atoms with E-state index in [-0.39, 0.29) is 0 Å². The molecule has 150 valence electrons. The fraction of sp³-hybridized carbons (Fsp3) is 0.727. The van der Waals surface area contributed by atoms with Crippen molar-refractivity contribution < 1.29 is 13.2 Å². The fourth-order valence-electron chi connectivity index (χ4n) is 3.32. The third-order valence-electron chi connectivity index (χ3n) is 4.87. The Hall–Kier alpha value is -1.03. The van der Waals surface area contributed by atoms with Crippen LogP contribution in [0.5, 0.6) is 0 Å². The van der Waals surface area contributed by atoms with Crippen LogP contribution < -0.4 is 0 Å². The molecule has 0 saturated carbocycles. The van der Waals surface area contributed by atoms with Crippen LogP contribution in [0.15, 0.2) is 24.3 Å². The first-order chi connectivity index (χ1) is 12.5. The molecule has 0 aromatic heterocycles. The summed E-state index contributed by atoms with van der Waals surface area (Å²) in [4.78, 5) is 2.22. The topological polar surface area (TPSA) is 3.24 Å². The average molecular weight is 372 g/mol. The molecule has 1 aromatic rings. The van der Waals surface area contributed by atoms with E-state index in [0.29, 0.717) is 12.1 Å². The summed E-state index contributed by atoms with van der Waals surface area (Å²) in [5.74, 6) is 0. The molecule has 1 rings (SSSR count). The van der Waals surface area contributed by atoms with Gasteiger partial charge in [-0.15, -0.1) is 0 Å². The van der Waals surface area contributed by atoms with Crippen LogP contribution in [-0.2, 0) is 12.7 Å². The molecular weight excluding hydrogens is 335 g/mol. The maximum Gasteiger partial charge on any atom is 0.416 e. The lowest BCUT2D eigenvalue weighted by atomic mass is 10.1. The van der Waals surface area contributed by atoms with Crippen LogP contribution in [0.3, 0.4) is 0 Å². The highest BCUT2D eigenvalue weighted by atomic mass is 19.4. The van der Waals surface area contributed by atoms with Gasteiger partial charge in [-0.2, -0.15) is 13.2 Å². The second-order valence-corrected chi connectivity index (χ2v) is 7.26. The van der Waals surface area contributed by atoms with E-state index in [4.69, 9.17) is 0 Å². The largest absolute Gasteiger partial charge is 0.416 e. The molecule has 1 aromatic carbocycles. The summed E-state index contributed by atoms with van der Waals surface area (Å²) in [7, 11) is 0. The molecular formula is C22H36F3N. The van der Waals surface area contributed by atoms with Crippen LogP contribution in [-0.4, -0.2) is 18.0 Å². The van der Waals surface area contributed by atoms with E-state index < -0.39 is 11.7 Å². The zero-order chi connectivity index (χ0) is 19.3. The van der Waals surface area contributed by atoms with Crippen molar-refractivity contribution in [3.63, 3.8) is 0 Å². The monoisotopic (exact) mass is 371 g/mol. The van der Waals surface area contributed by atoms with Crippen molar-refractivity contribution in [3.8, 4) is 0 Å². The van der Waals surface area contributed by atoms with Gasteiger partial charge < -0.3 is 0 Å². The quantitative estimate of drug-likeness (QED) is 0.307. The second kappa shape index (κ2) is 13.2. The van der Waals surface area contributed by atoms with Gasteiger partial charge in [-0.1, -0.05) is 83.4 Å². The molecule has 0 heterocycles. The van der Waals surface area contributed by atoms with Crippen molar-refractivity contribution in [2.45, 2.75) is 90.8 Å². The average Bonchev–Trinajstić information content (AvgIpc) is 2.60. The van der Waals surface area contributed by atoms with Gasteiger partial charge in [0.15, 0.2) is 0 Å². The van der Waals surface area contributed by atoms with Gasteiger partial charge in [0.2, 0.25) is 0 Å². The predicted molar refractivity (Wildman–Crippen MR) is 104 cm³/mol. The number of unbranched alkanes of at least 4 members (excludes halogenated alkanes) is 8. The van der Waals surface area contributed by atoms with Gasteiger partial charge in [-0.3, -0.25) is 4.90 Å². The Morgan fingerprint density at radius 2 is 1.23 bits per heavy atom. The van der Waals surface area contributed by atoms with E-state index in [0.717, 1.165) is 25.9 Å². The minimum atomic E-state index is -4.27. The van der Waals surface area contributed by atoms with Gasteiger partial charge in [-0.25, -0.2) is 0 Å². The smallest absolute Gasteiger partial charge is 0.299 e. The molecule has 0 spiro atoms. The first-order valence-electron chi connectivity index (χ1n) is 10.4. The molecule has 0 atom stereocenters. The summed E-state index contributed by atoms with van der Waals surface area (Å²) >= 11 is 0. The normalized spacial score (nSPS) is 12.1. The van der Waals surface area contributed by atoms with Crippen molar-refractivity contribution >= 4 is 0 Å². The number of nitrogens with zero attached hydrogens (tertiary/aromatic N) is 1. The Morgan fingerprint density at radius 1 is 0.731 bits per heavy atom. The Kier molecular flexibility index (Phi) is 11.7. The first kappa shape index (κ1) is 23.0. The number of hydrogen-bond acceptors (Lipinski definition) is 1. The van der Waals surface area contributed by atoms with Gasteiger partial charge in [0, 0.05) is 6.54 Å². The Labute approximate surface area is 158 Å². The van der Waals surface area contributed by atoms with E-state index in [1.807, 2.05) is 0 Å². The maximum absolute atomic E-state index is 13.3. The number of alkyl halides is 3. The number of rotatable bonds is 14. The van der Waals surface area contributed by atoms with E-state index in [9.17, 15) is 13.2 Å². The number of halogens is 3. The van der Waals surface area contributed by atoms with Crippen molar-refractivity contribution in [2.24, 2.45) is 0 Å². The third-order valence-corrected chi connectivity index (χ3v) is 4.87. The van der Waals surface area contributed by atoms with E-state index in [1.165, 1.54) is 63.5 Å². The molecule has 0 bridgehead atoms. The molecule has 0 aliphatic rings. The maximum atomic E-state index is 13.3. The highest BCUT2D eigenvalue weighted by molar-refractivity contribution is 5.29. The third kappa shape index (κ3) is 9.61. The van der Waals surface area contributed by atoms with E-state index in [1.54, 1.807) is 12.1 Å². The Balaban J connectivity index is 2.62. The predicted octanol–water partition coefficient (Wildman–Crippen LogP) is 7.45. The summed E-state index contributed by atoms with van der Waals surface area (Å²) in [5, 5.41) is 0. The first-order valence-corrected chi connectivity index (χ1v) is 10.4. The van der Waals surface area contributed by atoms with Gasteiger partial charge in [-0.05, 0) is 37.6 Å². The van der Waals surface area contributed by atoms with Crippen molar-refractivity contribution in [1.82, 2.24) is 4.90 Å². The van der Waals surface area contributed by atoms with Crippen molar-refractivity contribution in [2.75, 3.05) is 13.1 Å². The molecule has 26 heavy (non-hydrogen) atoms. The number of hydrogen-bond donors (Lipinski definition) is 0. The molecule has 0 aliphatic heterocycles. The molecule has 0 aliphatic carbocycles. The molecule has 1 nitrogen and oxygen atoms in total.